The highest BCUT2D eigenvalue weighted by Gasteiger charge is 2.35. The first-order valence-corrected chi connectivity index (χ1v) is 16.4. The summed E-state index contributed by atoms with van der Waals surface area (Å²) in [5.74, 6) is -1.46. The highest BCUT2D eigenvalue weighted by atomic mass is 16.5. The van der Waals surface area contributed by atoms with Gasteiger partial charge in [-0.1, -0.05) is 108 Å². The van der Waals surface area contributed by atoms with Crippen LogP contribution in [0.5, 0.6) is 0 Å². The topological polar surface area (TPSA) is 69.7 Å². The van der Waals surface area contributed by atoms with E-state index in [2.05, 4.69) is 24.3 Å². The van der Waals surface area contributed by atoms with E-state index in [-0.39, 0.29) is 31.8 Å². The molecule has 5 heteroatoms. The van der Waals surface area contributed by atoms with E-state index < -0.39 is 17.9 Å². The maximum absolute atomic E-state index is 14.6. The van der Waals surface area contributed by atoms with Crippen molar-refractivity contribution in [2.45, 2.75) is 58.8 Å². The molecular formula is C41H42O5. The zero-order valence-electron chi connectivity index (χ0n) is 26.8. The molecule has 0 radical (unpaired) electrons. The number of hydrogen-bond acceptors (Lipinski definition) is 5. The third-order valence-electron chi connectivity index (χ3n) is 8.74. The van der Waals surface area contributed by atoms with Gasteiger partial charge in [0, 0.05) is 24.3 Å². The molecule has 4 aromatic carbocycles. The van der Waals surface area contributed by atoms with Crippen LogP contribution in [-0.4, -0.2) is 30.9 Å². The predicted molar refractivity (Wildman–Crippen MR) is 182 cm³/mol. The number of esters is 2. The predicted octanol–water partition coefficient (Wildman–Crippen LogP) is 8.81. The fourth-order valence-electron chi connectivity index (χ4n) is 6.42. The third-order valence-corrected chi connectivity index (χ3v) is 8.74. The van der Waals surface area contributed by atoms with Crippen molar-refractivity contribution in [1.82, 2.24) is 0 Å². The van der Waals surface area contributed by atoms with Gasteiger partial charge >= 0.3 is 11.9 Å². The largest absolute Gasteiger partial charge is 0.463 e. The molecule has 1 unspecified atom stereocenters. The number of aryl methyl sites for hydroxylation is 2. The molecule has 46 heavy (non-hydrogen) atoms. The molecule has 0 bridgehead atoms. The average Bonchev–Trinajstić information content (AvgIpc) is 3.09. The minimum absolute atomic E-state index is 0.0278. The van der Waals surface area contributed by atoms with Crippen molar-refractivity contribution >= 4 is 28.5 Å². The molecule has 0 heterocycles. The molecule has 1 atom stereocenters. The summed E-state index contributed by atoms with van der Waals surface area (Å²) in [4.78, 5) is 41.2. The first kappa shape index (κ1) is 32.6. The zero-order valence-corrected chi connectivity index (χ0v) is 26.8. The summed E-state index contributed by atoms with van der Waals surface area (Å²) >= 11 is 0. The minimum Gasteiger partial charge on any atom is -0.463 e. The Labute approximate surface area is 271 Å². The average molecular weight is 615 g/mol. The van der Waals surface area contributed by atoms with Crippen LogP contribution in [-0.2, 0) is 31.9 Å². The molecule has 0 amide bonds. The zero-order chi connectivity index (χ0) is 32.3. The van der Waals surface area contributed by atoms with Gasteiger partial charge in [-0.05, 0) is 73.9 Å². The van der Waals surface area contributed by atoms with Gasteiger partial charge in [0.1, 0.15) is 0 Å². The Bertz CT molecular complexity index is 1730. The van der Waals surface area contributed by atoms with E-state index in [4.69, 9.17) is 9.47 Å². The molecule has 1 aliphatic carbocycles. The molecule has 0 fully saturated rings. The first-order chi connectivity index (χ1) is 22.5. The maximum atomic E-state index is 14.6. The number of ketones is 1. The lowest BCUT2D eigenvalue weighted by atomic mass is 9.74. The van der Waals surface area contributed by atoms with Crippen LogP contribution < -0.4 is 0 Å². The number of fused-ring (bicyclic) bond motifs is 1. The number of ether oxygens (including phenoxy) is 2. The van der Waals surface area contributed by atoms with Crippen LogP contribution in [0.25, 0.3) is 10.8 Å². The Balaban J connectivity index is 1.57. The van der Waals surface area contributed by atoms with Gasteiger partial charge in [0.05, 0.1) is 24.4 Å². The quantitative estimate of drug-likeness (QED) is 0.0807. The van der Waals surface area contributed by atoms with Crippen LogP contribution in [0.1, 0.15) is 67.4 Å². The maximum Gasteiger partial charge on any atom is 0.334 e. The van der Waals surface area contributed by atoms with Crippen molar-refractivity contribution in [2.75, 3.05) is 13.2 Å². The van der Waals surface area contributed by atoms with Gasteiger partial charge in [-0.3, -0.25) is 4.79 Å². The van der Waals surface area contributed by atoms with E-state index in [1.54, 1.807) is 13.8 Å². The van der Waals surface area contributed by atoms with Crippen molar-refractivity contribution in [3.8, 4) is 0 Å². The fourth-order valence-corrected chi connectivity index (χ4v) is 6.42. The van der Waals surface area contributed by atoms with Gasteiger partial charge in [0.15, 0.2) is 5.78 Å². The van der Waals surface area contributed by atoms with Crippen LogP contribution in [0.2, 0.25) is 0 Å². The van der Waals surface area contributed by atoms with E-state index in [1.807, 2.05) is 78.9 Å². The van der Waals surface area contributed by atoms with Gasteiger partial charge in [-0.25, -0.2) is 9.59 Å². The number of carbonyl (C=O) groups excluding carboxylic acids is 3. The summed E-state index contributed by atoms with van der Waals surface area (Å²) < 4.78 is 10.9. The Hall–Kier alpha value is -4.77. The summed E-state index contributed by atoms with van der Waals surface area (Å²) in [6, 6.07) is 34.4. The Kier molecular flexibility index (Phi) is 11.3. The van der Waals surface area contributed by atoms with E-state index in [1.165, 1.54) is 5.56 Å². The van der Waals surface area contributed by atoms with Gasteiger partial charge in [-0.2, -0.15) is 0 Å². The van der Waals surface area contributed by atoms with Crippen LogP contribution in [0, 0.1) is 5.92 Å². The van der Waals surface area contributed by atoms with Crippen LogP contribution in [0.15, 0.2) is 125 Å². The van der Waals surface area contributed by atoms with Crippen LogP contribution in [0.3, 0.4) is 0 Å². The molecule has 0 spiro atoms. The van der Waals surface area contributed by atoms with Gasteiger partial charge in [0.25, 0.3) is 0 Å². The standard InChI is InChI=1S/C41H42O5/c1-3-45-40(43)37-27-33(21-13-18-29-14-7-5-8-15-29)36(28-38(37)41(44)46-4-2)35(25-22-30-16-9-6-10-17-30)39(42)34-24-23-31-19-11-12-20-32(31)26-34/h5-12,14-17,19-20,23-24,26,35H,3-4,13,18,21-22,25,27-28H2,1-2H3. The van der Waals surface area contributed by atoms with Crippen molar-refractivity contribution in [1.29, 1.82) is 0 Å². The Morgan fingerprint density at radius 2 is 1.20 bits per heavy atom. The first-order valence-electron chi connectivity index (χ1n) is 16.4. The summed E-state index contributed by atoms with van der Waals surface area (Å²) in [5, 5.41) is 2.08. The van der Waals surface area contributed by atoms with Gasteiger partial charge in [-0.15, -0.1) is 0 Å². The number of benzene rings is 4. The summed E-state index contributed by atoms with van der Waals surface area (Å²) in [6.07, 6.45) is 4.16. The van der Waals surface area contributed by atoms with Crippen molar-refractivity contribution in [3.05, 3.63) is 142 Å². The lowest BCUT2D eigenvalue weighted by molar-refractivity contribution is -0.142. The van der Waals surface area contributed by atoms with Crippen molar-refractivity contribution < 1.29 is 23.9 Å². The lowest BCUT2D eigenvalue weighted by Crippen LogP contribution is -2.27. The van der Waals surface area contributed by atoms with Gasteiger partial charge in [0.2, 0.25) is 0 Å². The molecule has 236 valence electrons. The SMILES string of the molecule is CCOC(=O)C1=C(C(=O)OCC)CC(C(CCc2ccccc2)C(=O)c2ccc3ccccc3c2)=C(CCCc2ccccc2)C1. The van der Waals surface area contributed by atoms with Gasteiger partial charge < -0.3 is 9.47 Å². The van der Waals surface area contributed by atoms with Crippen molar-refractivity contribution in [2.24, 2.45) is 5.92 Å². The van der Waals surface area contributed by atoms with Crippen molar-refractivity contribution in [3.63, 3.8) is 0 Å². The third kappa shape index (κ3) is 8.08. The number of allylic oxidation sites excluding steroid dienone is 2. The second-order valence-electron chi connectivity index (χ2n) is 11.7. The van der Waals surface area contributed by atoms with E-state index in [0.29, 0.717) is 36.0 Å². The second-order valence-corrected chi connectivity index (χ2v) is 11.7. The lowest BCUT2D eigenvalue weighted by Gasteiger charge is -2.29. The minimum atomic E-state index is -0.522. The summed E-state index contributed by atoms with van der Waals surface area (Å²) in [6.45, 7) is 3.91. The van der Waals surface area contributed by atoms with Crippen LogP contribution in [0.4, 0.5) is 0 Å². The normalized spacial score (nSPS) is 13.9. The molecule has 5 nitrogen and oxygen atoms in total. The van der Waals surface area contributed by atoms with E-state index in [0.717, 1.165) is 40.3 Å². The molecular weight excluding hydrogens is 572 g/mol. The Morgan fingerprint density at radius 3 is 1.83 bits per heavy atom. The highest BCUT2D eigenvalue weighted by Crippen LogP contribution is 2.40. The smallest absolute Gasteiger partial charge is 0.334 e. The number of Topliss-reactive ketones (excluding diaryl/α,β-unsaturated/α-hetero) is 1. The molecule has 0 saturated heterocycles. The fraction of sp³-hybridized carbons (Fsp3) is 0.293. The van der Waals surface area contributed by atoms with E-state index >= 15 is 0 Å². The van der Waals surface area contributed by atoms with Crippen LogP contribution >= 0.6 is 0 Å². The summed E-state index contributed by atoms with van der Waals surface area (Å²) in [7, 11) is 0. The molecule has 0 aromatic heterocycles. The highest BCUT2D eigenvalue weighted by molar-refractivity contribution is 6.05. The molecule has 4 aromatic rings. The Morgan fingerprint density at radius 1 is 0.630 bits per heavy atom. The monoisotopic (exact) mass is 614 g/mol. The second kappa shape index (κ2) is 16.0. The molecule has 0 aliphatic heterocycles. The molecule has 5 rings (SSSR count). The number of carbonyl (C=O) groups is 3. The molecule has 1 aliphatic rings. The van der Waals surface area contributed by atoms with E-state index in [9.17, 15) is 14.4 Å². The molecule has 0 saturated carbocycles. The molecule has 0 N–H and O–H groups in total. The number of hydrogen-bond donors (Lipinski definition) is 0. The summed E-state index contributed by atoms with van der Waals surface area (Å²) in [5.41, 5.74) is 5.65. The number of rotatable bonds is 14.